The number of carbonyl (C=O) groups is 1. The number of rotatable bonds is 2. The van der Waals surface area contributed by atoms with E-state index in [4.69, 9.17) is 4.74 Å². The maximum atomic E-state index is 11.1. The van der Waals surface area contributed by atoms with Crippen molar-refractivity contribution in [3.63, 3.8) is 0 Å². The van der Waals surface area contributed by atoms with Crippen molar-refractivity contribution in [3.05, 3.63) is 12.2 Å². The highest BCUT2D eigenvalue weighted by atomic mass is 16.5. The average molecular weight is 168 g/mol. The van der Waals surface area contributed by atoms with Gasteiger partial charge in [0.05, 0.1) is 0 Å². The molecule has 1 atom stereocenters. The molecule has 68 valence electrons. The summed E-state index contributed by atoms with van der Waals surface area (Å²) < 4.78 is 5.21. The molecular weight excluding hydrogens is 152 g/mol. The first-order valence-corrected chi connectivity index (χ1v) is 4.69. The van der Waals surface area contributed by atoms with Crippen LogP contribution in [0.1, 0.15) is 39.0 Å². The molecule has 12 heavy (non-hydrogen) atoms. The molecule has 1 aliphatic rings. The summed E-state index contributed by atoms with van der Waals surface area (Å²) in [6, 6.07) is 0. The van der Waals surface area contributed by atoms with Crippen LogP contribution in [0.2, 0.25) is 0 Å². The van der Waals surface area contributed by atoms with Crippen LogP contribution >= 0.6 is 0 Å². The summed E-state index contributed by atoms with van der Waals surface area (Å²) in [5.41, 5.74) is 0. The fourth-order valence-corrected chi connectivity index (χ4v) is 1.32. The molecule has 0 amide bonds. The monoisotopic (exact) mass is 168 g/mol. The summed E-state index contributed by atoms with van der Waals surface area (Å²) in [6.45, 7) is 2.10. The van der Waals surface area contributed by atoms with Crippen LogP contribution in [0.15, 0.2) is 12.2 Å². The third-order valence-corrected chi connectivity index (χ3v) is 1.96. The van der Waals surface area contributed by atoms with Crippen LogP contribution in [0.3, 0.4) is 0 Å². The molecule has 0 saturated heterocycles. The van der Waals surface area contributed by atoms with Crippen LogP contribution in [-0.4, -0.2) is 12.1 Å². The van der Waals surface area contributed by atoms with Crippen molar-refractivity contribution in [1.82, 2.24) is 0 Å². The molecule has 0 aromatic rings. The molecule has 0 fully saturated rings. The second-order valence-corrected chi connectivity index (χ2v) is 3.14. The fraction of sp³-hybridized carbons (Fsp3) is 0.700. The summed E-state index contributed by atoms with van der Waals surface area (Å²) in [5.74, 6) is -0.0437. The Morgan fingerprint density at radius 2 is 2.50 bits per heavy atom. The van der Waals surface area contributed by atoms with Gasteiger partial charge in [-0.25, -0.2) is 0 Å². The Hall–Kier alpha value is -0.790. The van der Waals surface area contributed by atoms with Crippen LogP contribution in [0.25, 0.3) is 0 Å². The third kappa shape index (κ3) is 3.07. The summed E-state index contributed by atoms with van der Waals surface area (Å²) in [5, 5.41) is 0. The van der Waals surface area contributed by atoms with E-state index in [1.54, 1.807) is 0 Å². The van der Waals surface area contributed by atoms with Gasteiger partial charge in [0.1, 0.15) is 6.10 Å². The summed E-state index contributed by atoms with van der Waals surface area (Å²) >= 11 is 0. The first kappa shape index (κ1) is 9.30. The van der Waals surface area contributed by atoms with Crippen molar-refractivity contribution in [3.8, 4) is 0 Å². The van der Waals surface area contributed by atoms with E-state index in [2.05, 4.69) is 13.0 Å². The Balaban J connectivity index is 2.46. The molecule has 2 nitrogen and oxygen atoms in total. The van der Waals surface area contributed by atoms with Gasteiger partial charge in [0.15, 0.2) is 0 Å². The van der Waals surface area contributed by atoms with Gasteiger partial charge in [0, 0.05) is 6.42 Å². The van der Waals surface area contributed by atoms with E-state index >= 15 is 0 Å². The van der Waals surface area contributed by atoms with Gasteiger partial charge in [-0.05, 0) is 25.3 Å². The SMILES string of the molecule is CCC[C@@H]1/C=C\CCCC(=O)O1. The molecule has 1 rings (SSSR count). The Labute approximate surface area is 73.6 Å². The number of hydrogen-bond acceptors (Lipinski definition) is 2. The highest BCUT2D eigenvalue weighted by Gasteiger charge is 2.11. The molecule has 1 aliphatic heterocycles. The van der Waals surface area contributed by atoms with E-state index in [0.29, 0.717) is 6.42 Å². The van der Waals surface area contributed by atoms with Crippen molar-refractivity contribution in [2.75, 3.05) is 0 Å². The lowest BCUT2D eigenvalue weighted by molar-refractivity contribution is -0.147. The number of carbonyl (C=O) groups excluding carboxylic acids is 1. The third-order valence-electron chi connectivity index (χ3n) is 1.96. The highest BCUT2D eigenvalue weighted by molar-refractivity contribution is 5.69. The normalized spacial score (nSPS) is 27.1. The molecule has 0 aromatic carbocycles. The molecular formula is C10H16O2. The molecule has 0 aliphatic carbocycles. The average Bonchev–Trinajstić information content (AvgIpc) is 2.00. The van der Waals surface area contributed by atoms with Gasteiger partial charge in [-0.2, -0.15) is 0 Å². The molecule has 0 unspecified atom stereocenters. The van der Waals surface area contributed by atoms with Gasteiger partial charge in [-0.15, -0.1) is 0 Å². The molecule has 0 bridgehead atoms. The predicted octanol–water partition coefficient (Wildman–Crippen LogP) is 2.44. The van der Waals surface area contributed by atoms with Gasteiger partial charge in [0.2, 0.25) is 0 Å². The van der Waals surface area contributed by atoms with Gasteiger partial charge in [-0.1, -0.05) is 19.4 Å². The van der Waals surface area contributed by atoms with Gasteiger partial charge in [-0.3, -0.25) is 4.79 Å². The smallest absolute Gasteiger partial charge is 0.306 e. The van der Waals surface area contributed by atoms with Crippen molar-refractivity contribution in [2.45, 2.75) is 45.1 Å². The second-order valence-electron chi connectivity index (χ2n) is 3.14. The summed E-state index contributed by atoms with van der Waals surface area (Å²) in [7, 11) is 0. The van der Waals surface area contributed by atoms with Crippen molar-refractivity contribution >= 4 is 5.97 Å². The molecule has 0 N–H and O–H groups in total. The van der Waals surface area contributed by atoms with Crippen LogP contribution < -0.4 is 0 Å². The predicted molar refractivity (Wildman–Crippen MR) is 47.8 cm³/mol. The Kier molecular flexibility index (Phi) is 3.85. The zero-order chi connectivity index (χ0) is 8.81. The highest BCUT2D eigenvalue weighted by Crippen LogP contribution is 2.11. The minimum atomic E-state index is -0.0437. The first-order valence-electron chi connectivity index (χ1n) is 4.69. The first-order chi connectivity index (χ1) is 5.83. The van der Waals surface area contributed by atoms with E-state index in [1.165, 1.54) is 0 Å². The van der Waals surface area contributed by atoms with E-state index in [0.717, 1.165) is 25.7 Å². The number of ether oxygens (including phenoxy) is 1. The minimum absolute atomic E-state index is 0.0304. The van der Waals surface area contributed by atoms with Crippen LogP contribution in [0.4, 0.5) is 0 Å². The largest absolute Gasteiger partial charge is 0.458 e. The molecule has 0 radical (unpaired) electrons. The van der Waals surface area contributed by atoms with E-state index in [1.807, 2.05) is 6.08 Å². The van der Waals surface area contributed by atoms with Crippen LogP contribution in [-0.2, 0) is 9.53 Å². The Morgan fingerprint density at radius 1 is 1.67 bits per heavy atom. The zero-order valence-corrected chi connectivity index (χ0v) is 7.58. The standard InChI is InChI=1S/C10H16O2/c1-2-6-9-7-4-3-5-8-10(11)12-9/h4,7,9H,2-3,5-6,8H2,1H3/b7-4-/t9-/m1/s1. The van der Waals surface area contributed by atoms with Gasteiger partial charge < -0.3 is 4.74 Å². The molecule has 2 heteroatoms. The van der Waals surface area contributed by atoms with E-state index in [9.17, 15) is 4.79 Å². The zero-order valence-electron chi connectivity index (χ0n) is 7.58. The van der Waals surface area contributed by atoms with Gasteiger partial charge >= 0.3 is 5.97 Å². The topological polar surface area (TPSA) is 26.3 Å². The molecule has 0 saturated carbocycles. The van der Waals surface area contributed by atoms with Crippen molar-refractivity contribution < 1.29 is 9.53 Å². The molecule has 0 spiro atoms. The van der Waals surface area contributed by atoms with Gasteiger partial charge in [0.25, 0.3) is 0 Å². The molecule has 0 aromatic heterocycles. The Bertz CT molecular complexity index is 173. The van der Waals surface area contributed by atoms with Crippen molar-refractivity contribution in [2.24, 2.45) is 0 Å². The molecule has 1 heterocycles. The van der Waals surface area contributed by atoms with Crippen LogP contribution in [0, 0.1) is 0 Å². The number of cyclic esters (lactones) is 1. The Morgan fingerprint density at radius 3 is 3.25 bits per heavy atom. The maximum Gasteiger partial charge on any atom is 0.306 e. The maximum absolute atomic E-state index is 11.1. The lowest BCUT2D eigenvalue weighted by Crippen LogP contribution is -2.16. The second kappa shape index (κ2) is 4.96. The van der Waals surface area contributed by atoms with E-state index in [-0.39, 0.29) is 12.1 Å². The minimum Gasteiger partial charge on any atom is -0.458 e. The quantitative estimate of drug-likeness (QED) is 0.467. The fourth-order valence-electron chi connectivity index (χ4n) is 1.32. The summed E-state index contributed by atoms with van der Waals surface area (Å²) in [4.78, 5) is 11.1. The number of esters is 1. The lowest BCUT2D eigenvalue weighted by Gasteiger charge is -2.15. The number of hydrogen-bond donors (Lipinski definition) is 0. The number of allylic oxidation sites excluding steroid dienone is 1. The van der Waals surface area contributed by atoms with Crippen molar-refractivity contribution in [1.29, 1.82) is 0 Å². The lowest BCUT2D eigenvalue weighted by atomic mass is 10.1. The summed E-state index contributed by atoms with van der Waals surface area (Å²) in [6.07, 6.45) is 8.68. The van der Waals surface area contributed by atoms with E-state index < -0.39 is 0 Å². The van der Waals surface area contributed by atoms with Crippen LogP contribution in [0.5, 0.6) is 0 Å².